The van der Waals surface area contributed by atoms with E-state index in [2.05, 4.69) is 41.9 Å². The second-order valence-corrected chi connectivity index (χ2v) is 14.3. The Labute approximate surface area is 284 Å². The number of nitrogens with one attached hydrogen (secondary N) is 2. The molecule has 1 aliphatic rings. The van der Waals surface area contributed by atoms with E-state index in [-0.39, 0.29) is 18.9 Å². The lowest BCUT2D eigenvalue weighted by atomic mass is 9.75. The van der Waals surface area contributed by atoms with Gasteiger partial charge in [0.05, 0.1) is 6.61 Å². The third-order valence-corrected chi connectivity index (χ3v) is 9.07. The number of hydrogen-bond acceptors (Lipinski definition) is 5. The van der Waals surface area contributed by atoms with Crippen LogP contribution in [0.2, 0.25) is 0 Å². The van der Waals surface area contributed by atoms with Crippen LogP contribution in [0.3, 0.4) is 0 Å². The van der Waals surface area contributed by atoms with Gasteiger partial charge in [0.1, 0.15) is 11.5 Å². The Bertz CT molecular complexity index is 1150. The molecule has 0 aromatic heterocycles. The Hall–Kier alpha value is -2.97. The summed E-state index contributed by atoms with van der Waals surface area (Å²) in [6, 6.07) is 8.57. The largest absolute Gasteiger partial charge is 0.481 e. The Morgan fingerprint density at radius 2 is 1.55 bits per heavy atom. The van der Waals surface area contributed by atoms with Gasteiger partial charge in [0.25, 0.3) is 0 Å². The van der Waals surface area contributed by atoms with E-state index in [1.165, 1.54) is 25.7 Å². The van der Waals surface area contributed by atoms with Crippen molar-refractivity contribution in [1.29, 1.82) is 0 Å². The highest BCUT2D eigenvalue weighted by Crippen LogP contribution is 2.35. The van der Waals surface area contributed by atoms with Crippen molar-refractivity contribution in [3.63, 3.8) is 0 Å². The molecule has 0 saturated carbocycles. The third-order valence-electron chi connectivity index (χ3n) is 9.07. The fraction of sp³-hybridized carbons (Fsp3) is 0.667. The van der Waals surface area contributed by atoms with Gasteiger partial charge in [0.15, 0.2) is 5.79 Å². The van der Waals surface area contributed by atoms with Crippen molar-refractivity contribution in [3.8, 4) is 0 Å². The molecule has 1 saturated heterocycles. The summed E-state index contributed by atoms with van der Waals surface area (Å²) in [7, 11) is 0. The molecule has 47 heavy (non-hydrogen) atoms. The fourth-order valence-corrected chi connectivity index (χ4v) is 5.87. The van der Waals surface area contributed by atoms with E-state index in [1.54, 1.807) is 20.8 Å². The molecule has 8 nitrogen and oxygen atoms in total. The normalized spacial score (nSPS) is 19.3. The number of rotatable bonds is 22. The predicted molar refractivity (Wildman–Crippen MR) is 189 cm³/mol. The summed E-state index contributed by atoms with van der Waals surface area (Å²) in [6.07, 6.45) is 20.8. The lowest BCUT2D eigenvalue weighted by Crippen LogP contribution is -2.61. The van der Waals surface area contributed by atoms with Gasteiger partial charge in [-0.25, -0.2) is 0 Å². The summed E-state index contributed by atoms with van der Waals surface area (Å²) >= 11 is 0. The number of carbonyl (C=O) groups excluding carboxylic acids is 2. The van der Waals surface area contributed by atoms with Crippen LogP contribution in [0.4, 0.5) is 0 Å². The van der Waals surface area contributed by atoms with E-state index in [4.69, 9.17) is 9.47 Å². The molecule has 3 atom stereocenters. The van der Waals surface area contributed by atoms with Crippen molar-refractivity contribution in [2.75, 3.05) is 13.2 Å². The molecule has 8 heteroatoms. The van der Waals surface area contributed by atoms with E-state index in [9.17, 15) is 19.5 Å². The minimum atomic E-state index is -1.48. The summed E-state index contributed by atoms with van der Waals surface area (Å²) in [5.41, 5.74) is -1.27. The molecule has 0 bridgehead atoms. The van der Waals surface area contributed by atoms with Crippen molar-refractivity contribution in [2.45, 2.75) is 143 Å². The number of aliphatic carboxylic acids is 1. The zero-order valence-electron chi connectivity index (χ0n) is 29.9. The maximum atomic E-state index is 13.5. The highest BCUT2D eigenvalue weighted by atomic mass is 16.7. The SMILES string of the molecule is CCCCC/C=C\C/C=C\CCCCCCCC(=O)NC(C)C(CNC(=O)C1OC(C)(C)OCC1(C)C)(Cc1ccccc1)C(=O)O. The number of unbranched alkanes of at least 4 members (excludes halogenated alkanes) is 8. The molecule has 0 spiro atoms. The van der Waals surface area contributed by atoms with Crippen molar-refractivity contribution < 1.29 is 29.0 Å². The number of carbonyl (C=O) groups is 3. The van der Waals surface area contributed by atoms with Gasteiger partial charge >= 0.3 is 5.97 Å². The van der Waals surface area contributed by atoms with Crippen molar-refractivity contribution in [3.05, 3.63) is 60.2 Å². The molecule has 1 heterocycles. The molecule has 0 radical (unpaired) electrons. The third kappa shape index (κ3) is 14.4. The molecule has 3 N–H and O–H groups in total. The van der Waals surface area contributed by atoms with Gasteiger partial charge in [0.2, 0.25) is 11.8 Å². The van der Waals surface area contributed by atoms with Crippen molar-refractivity contribution >= 4 is 17.8 Å². The summed E-state index contributed by atoms with van der Waals surface area (Å²) < 4.78 is 11.7. The first-order valence-electron chi connectivity index (χ1n) is 17.8. The van der Waals surface area contributed by atoms with Gasteiger partial charge in [-0.1, -0.05) is 108 Å². The molecule has 2 amide bonds. The first kappa shape index (κ1) is 40.2. The summed E-state index contributed by atoms with van der Waals surface area (Å²) in [5.74, 6) is -2.59. The van der Waals surface area contributed by atoms with Crippen LogP contribution in [0.1, 0.15) is 124 Å². The van der Waals surface area contributed by atoms with E-state index in [0.29, 0.717) is 13.0 Å². The fourth-order valence-electron chi connectivity index (χ4n) is 5.87. The van der Waals surface area contributed by atoms with Crippen LogP contribution in [-0.2, 0) is 30.3 Å². The summed E-state index contributed by atoms with van der Waals surface area (Å²) in [6.45, 7) is 11.4. The first-order chi connectivity index (χ1) is 22.3. The standard InChI is InChI=1S/C39H62N2O6/c1-7-8-9-10-11-12-13-14-15-16-17-18-19-20-24-27-33(42)41-31(2)39(36(44)45,28-32-25-22-21-23-26-32)29-40-35(43)34-37(3,4)30-46-38(5,6)47-34/h11-12,14-15,21-23,25-26,31,34H,7-10,13,16-20,24,27-30H2,1-6H3,(H,40,43)(H,41,42)(H,44,45)/b12-11-,15-14-. The summed E-state index contributed by atoms with van der Waals surface area (Å²) in [4.78, 5) is 39.5. The highest BCUT2D eigenvalue weighted by molar-refractivity contribution is 5.84. The van der Waals surface area contributed by atoms with E-state index in [1.807, 2.05) is 44.2 Å². The van der Waals surface area contributed by atoms with E-state index >= 15 is 0 Å². The predicted octanol–water partition coefficient (Wildman–Crippen LogP) is 7.91. The molecule has 2 rings (SSSR count). The molecule has 3 unspecified atom stereocenters. The molecular weight excluding hydrogens is 592 g/mol. The Balaban J connectivity index is 1.89. The first-order valence-corrected chi connectivity index (χ1v) is 17.8. The van der Waals surface area contributed by atoms with Gasteiger partial charge in [-0.2, -0.15) is 0 Å². The number of carboxylic acids is 1. The maximum absolute atomic E-state index is 13.5. The quantitative estimate of drug-likeness (QED) is 0.0865. The summed E-state index contributed by atoms with van der Waals surface area (Å²) in [5, 5.41) is 16.5. The lowest BCUT2D eigenvalue weighted by Gasteiger charge is -2.45. The molecule has 0 aliphatic carbocycles. The van der Waals surface area contributed by atoms with Gasteiger partial charge in [-0.3, -0.25) is 14.4 Å². The zero-order chi connectivity index (χ0) is 34.8. The van der Waals surface area contributed by atoms with Crippen LogP contribution >= 0.6 is 0 Å². The van der Waals surface area contributed by atoms with Crippen molar-refractivity contribution in [1.82, 2.24) is 10.6 Å². The minimum Gasteiger partial charge on any atom is -0.481 e. The van der Waals surface area contributed by atoms with Crippen LogP contribution in [0.5, 0.6) is 0 Å². The van der Waals surface area contributed by atoms with Crippen LogP contribution < -0.4 is 10.6 Å². The van der Waals surface area contributed by atoms with Crippen LogP contribution in [0.15, 0.2) is 54.6 Å². The molecule has 1 aliphatic heterocycles. The van der Waals surface area contributed by atoms with E-state index < -0.39 is 40.6 Å². The van der Waals surface area contributed by atoms with Gasteiger partial charge in [-0.05, 0) is 71.3 Å². The number of hydrogen-bond donors (Lipinski definition) is 3. The molecule has 1 fully saturated rings. The number of benzene rings is 1. The van der Waals surface area contributed by atoms with Gasteiger partial charge in [-0.15, -0.1) is 0 Å². The number of amides is 2. The smallest absolute Gasteiger partial charge is 0.313 e. The Kier molecular flexibility index (Phi) is 17.5. The van der Waals surface area contributed by atoms with Crippen LogP contribution in [-0.4, -0.2) is 54.0 Å². The maximum Gasteiger partial charge on any atom is 0.313 e. The number of ether oxygens (including phenoxy) is 2. The zero-order valence-corrected chi connectivity index (χ0v) is 29.9. The minimum absolute atomic E-state index is 0.137. The molecule has 1 aromatic carbocycles. The number of allylic oxidation sites excluding steroid dienone is 4. The average molecular weight is 655 g/mol. The monoisotopic (exact) mass is 654 g/mol. The second kappa shape index (κ2) is 20.4. The average Bonchev–Trinajstić information content (AvgIpc) is 3.02. The van der Waals surface area contributed by atoms with E-state index in [0.717, 1.165) is 50.5 Å². The molecule has 264 valence electrons. The highest BCUT2D eigenvalue weighted by Gasteiger charge is 2.48. The van der Waals surface area contributed by atoms with Crippen LogP contribution in [0.25, 0.3) is 0 Å². The van der Waals surface area contributed by atoms with Crippen molar-refractivity contribution in [2.24, 2.45) is 10.8 Å². The number of carboxylic acid groups (broad SMARTS) is 1. The Morgan fingerprint density at radius 1 is 0.936 bits per heavy atom. The molecular formula is C39H62N2O6. The van der Waals surface area contributed by atoms with Gasteiger partial charge < -0.3 is 25.2 Å². The second-order valence-electron chi connectivity index (χ2n) is 14.3. The topological polar surface area (TPSA) is 114 Å². The Morgan fingerprint density at radius 3 is 2.19 bits per heavy atom. The lowest BCUT2D eigenvalue weighted by molar-refractivity contribution is -0.304. The van der Waals surface area contributed by atoms with Gasteiger partial charge in [0, 0.05) is 24.4 Å². The van der Waals surface area contributed by atoms with Crippen LogP contribution in [0, 0.1) is 10.8 Å². The molecule has 1 aromatic rings.